The zero-order valence-corrected chi connectivity index (χ0v) is 19.2. The Morgan fingerprint density at radius 3 is 2.55 bits per heavy atom. The normalized spacial score (nSPS) is 16.4. The fourth-order valence-electron chi connectivity index (χ4n) is 3.49. The number of hydrogen-bond donors (Lipinski definition) is 2. The Balaban J connectivity index is 1.78. The Kier molecular flexibility index (Phi) is 8.71. The first-order valence-electron chi connectivity index (χ1n) is 10.7. The monoisotopic (exact) mass is 433 g/mol. The fourth-order valence-corrected chi connectivity index (χ4v) is 3.49. The Morgan fingerprint density at radius 1 is 1.16 bits per heavy atom. The van der Waals surface area contributed by atoms with Crippen molar-refractivity contribution in [1.29, 1.82) is 0 Å². The predicted molar refractivity (Wildman–Crippen MR) is 118 cm³/mol. The van der Waals surface area contributed by atoms with E-state index in [-0.39, 0.29) is 30.7 Å². The molecule has 1 fully saturated rings. The number of hydrogen-bond acceptors (Lipinski definition) is 5. The Hall–Kier alpha value is -2.77. The number of likely N-dealkylation sites (tertiary alicyclic amines) is 1. The molecule has 1 unspecified atom stereocenters. The molecule has 172 valence electrons. The molecule has 0 bridgehead atoms. The van der Waals surface area contributed by atoms with Gasteiger partial charge < -0.3 is 25.0 Å². The molecule has 0 aromatic heterocycles. The van der Waals surface area contributed by atoms with Gasteiger partial charge in [0.15, 0.2) is 0 Å². The highest BCUT2D eigenvalue weighted by molar-refractivity contribution is 5.82. The highest BCUT2D eigenvalue weighted by atomic mass is 16.6. The third-order valence-electron chi connectivity index (χ3n) is 5.07. The predicted octanol–water partition coefficient (Wildman–Crippen LogP) is 2.43. The van der Waals surface area contributed by atoms with Crippen molar-refractivity contribution in [2.24, 2.45) is 5.92 Å². The second-order valence-electron chi connectivity index (χ2n) is 8.88. The summed E-state index contributed by atoms with van der Waals surface area (Å²) in [6.07, 6.45) is 1.30. The van der Waals surface area contributed by atoms with Crippen LogP contribution in [-0.2, 0) is 20.7 Å². The van der Waals surface area contributed by atoms with Crippen LogP contribution in [-0.4, -0.2) is 61.7 Å². The molecule has 1 aromatic rings. The van der Waals surface area contributed by atoms with Gasteiger partial charge in [0.25, 0.3) is 0 Å². The summed E-state index contributed by atoms with van der Waals surface area (Å²) < 4.78 is 10.5. The van der Waals surface area contributed by atoms with Crippen molar-refractivity contribution in [3.05, 3.63) is 29.3 Å². The van der Waals surface area contributed by atoms with Crippen molar-refractivity contribution in [2.45, 2.75) is 52.6 Å². The van der Waals surface area contributed by atoms with Crippen LogP contribution in [0, 0.1) is 12.8 Å². The van der Waals surface area contributed by atoms with Gasteiger partial charge in [-0.25, -0.2) is 4.79 Å². The summed E-state index contributed by atoms with van der Waals surface area (Å²) >= 11 is 0. The zero-order valence-electron chi connectivity index (χ0n) is 19.2. The molecule has 1 heterocycles. The van der Waals surface area contributed by atoms with Crippen molar-refractivity contribution in [1.82, 2.24) is 15.5 Å². The number of carbonyl (C=O) groups is 3. The van der Waals surface area contributed by atoms with E-state index >= 15 is 0 Å². The SMILES string of the molecule is COc1cc(CC(=O)N2CCCC(C(=O)NCCNC(=O)OC(C)(C)C)C2)ccc1C. The first kappa shape index (κ1) is 24.5. The van der Waals surface area contributed by atoms with Gasteiger partial charge in [0.1, 0.15) is 11.4 Å². The molecular weight excluding hydrogens is 398 g/mol. The smallest absolute Gasteiger partial charge is 0.407 e. The molecule has 3 amide bonds. The van der Waals surface area contributed by atoms with Crippen LogP contribution >= 0.6 is 0 Å². The van der Waals surface area contributed by atoms with E-state index in [4.69, 9.17) is 9.47 Å². The largest absolute Gasteiger partial charge is 0.496 e. The molecule has 1 atom stereocenters. The first-order valence-corrected chi connectivity index (χ1v) is 10.7. The molecular formula is C23H35N3O5. The minimum Gasteiger partial charge on any atom is -0.496 e. The number of carbonyl (C=O) groups excluding carboxylic acids is 3. The van der Waals surface area contributed by atoms with E-state index < -0.39 is 11.7 Å². The topological polar surface area (TPSA) is 97.0 Å². The minimum atomic E-state index is -0.560. The van der Waals surface area contributed by atoms with Gasteiger partial charge in [0, 0.05) is 26.2 Å². The number of ether oxygens (including phenoxy) is 2. The third-order valence-corrected chi connectivity index (χ3v) is 5.07. The van der Waals surface area contributed by atoms with Crippen LogP contribution in [0.2, 0.25) is 0 Å². The zero-order chi connectivity index (χ0) is 23.0. The van der Waals surface area contributed by atoms with Crippen molar-refractivity contribution >= 4 is 17.9 Å². The van der Waals surface area contributed by atoms with Gasteiger partial charge in [-0.2, -0.15) is 0 Å². The van der Waals surface area contributed by atoms with E-state index in [1.807, 2.05) is 25.1 Å². The number of amides is 3. The summed E-state index contributed by atoms with van der Waals surface area (Å²) in [5.74, 6) is 0.434. The number of piperidine rings is 1. The van der Waals surface area contributed by atoms with Crippen molar-refractivity contribution in [3.8, 4) is 5.75 Å². The summed E-state index contributed by atoms with van der Waals surface area (Å²) in [5.41, 5.74) is 1.36. The van der Waals surface area contributed by atoms with Crippen LogP contribution < -0.4 is 15.4 Å². The Bertz CT molecular complexity index is 788. The number of nitrogens with one attached hydrogen (secondary N) is 2. The standard InChI is InChI=1S/C23H35N3O5/c1-16-8-9-17(13-19(16)30-5)14-20(27)26-12-6-7-18(15-26)21(28)24-10-11-25-22(29)31-23(2,3)4/h8-9,13,18H,6-7,10-12,14-15H2,1-5H3,(H,24,28)(H,25,29). The van der Waals surface area contributed by atoms with E-state index in [2.05, 4.69) is 10.6 Å². The first-order chi connectivity index (χ1) is 14.6. The highest BCUT2D eigenvalue weighted by Crippen LogP contribution is 2.21. The number of methoxy groups -OCH3 is 1. The number of nitrogens with zero attached hydrogens (tertiary/aromatic N) is 1. The molecule has 1 aliphatic rings. The lowest BCUT2D eigenvalue weighted by molar-refractivity contribution is -0.135. The average Bonchev–Trinajstić information content (AvgIpc) is 2.71. The quantitative estimate of drug-likeness (QED) is 0.644. The molecule has 1 aliphatic heterocycles. The average molecular weight is 434 g/mol. The number of alkyl carbamates (subject to hydrolysis) is 1. The van der Waals surface area contributed by atoms with Gasteiger partial charge in [-0.05, 0) is 57.7 Å². The molecule has 2 rings (SSSR count). The van der Waals surface area contributed by atoms with Crippen LogP contribution in [0.4, 0.5) is 4.79 Å². The van der Waals surface area contributed by atoms with Gasteiger partial charge >= 0.3 is 6.09 Å². The lowest BCUT2D eigenvalue weighted by atomic mass is 9.96. The minimum absolute atomic E-state index is 0.00926. The van der Waals surface area contributed by atoms with Crippen molar-refractivity contribution in [2.75, 3.05) is 33.3 Å². The molecule has 8 heteroatoms. The molecule has 1 aromatic carbocycles. The Labute approximate surface area is 184 Å². The summed E-state index contributed by atoms with van der Waals surface area (Å²) in [6.45, 7) is 9.00. The van der Waals surface area contributed by atoms with Crippen LogP contribution in [0.15, 0.2) is 18.2 Å². The lowest BCUT2D eigenvalue weighted by Gasteiger charge is -2.32. The second-order valence-corrected chi connectivity index (χ2v) is 8.88. The van der Waals surface area contributed by atoms with E-state index in [1.54, 1.807) is 32.8 Å². The van der Waals surface area contributed by atoms with Crippen molar-refractivity contribution in [3.63, 3.8) is 0 Å². The van der Waals surface area contributed by atoms with E-state index in [0.717, 1.165) is 29.7 Å². The van der Waals surface area contributed by atoms with Gasteiger partial charge in [-0.3, -0.25) is 9.59 Å². The van der Waals surface area contributed by atoms with Gasteiger partial charge in [0.2, 0.25) is 11.8 Å². The van der Waals surface area contributed by atoms with Crippen LogP contribution in [0.5, 0.6) is 5.75 Å². The summed E-state index contributed by atoms with van der Waals surface area (Å²) in [6, 6.07) is 5.76. The molecule has 31 heavy (non-hydrogen) atoms. The molecule has 0 radical (unpaired) electrons. The van der Waals surface area contributed by atoms with Gasteiger partial charge in [0.05, 0.1) is 19.4 Å². The van der Waals surface area contributed by atoms with E-state index in [1.165, 1.54) is 0 Å². The number of benzene rings is 1. The maximum absolute atomic E-state index is 12.8. The second kappa shape index (κ2) is 11.0. The maximum atomic E-state index is 12.8. The molecule has 0 aliphatic carbocycles. The lowest BCUT2D eigenvalue weighted by Crippen LogP contribution is -2.47. The molecule has 8 nitrogen and oxygen atoms in total. The highest BCUT2D eigenvalue weighted by Gasteiger charge is 2.28. The van der Waals surface area contributed by atoms with Crippen LogP contribution in [0.25, 0.3) is 0 Å². The summed E-state index contributed by atoms with van der Waals surface area (Å²) in [7, 11) is 1.62. The molecule has 0 spiro atoms. The van der Waals surface area contributed by atoms with E-state index in [0.29, 0.717) is 19.6 Å². The molecule has 2 N–H and O–H groups in total. The van der Waals surface area contributed by atoms with Crippen LogP contribution in [0.1, 0.15) is 44.7 Å². The summed E-state index contributed by atoms with van der Waals surface area (Å²) in [4.78, 5) is 38.7. The molecule has 0 saturated carbocycles. The van der Waals surface area contributed by atoms with Crippen molar-refractivity contribution < 1.29 is 23.9 Å². The molecule has 1 saturated heterocycles. The van der Waals surface area contributed by atoms with E-state index in [9.17, 15) is 14.4 Å². The Morgan fingerprint density at radius 2 is 1.87 bits per heavy atom. The summed E-state index contributed by atoms with van der Waals surface area (Å²) in [5, 5.41) is 5.45. The van der Waals surface area contributed by atoms with Gasteiger partial charge in [-0.15, -0.1) is 0 Å². The fraction of sp³-hybridized carbons (Fsp3) is 0.609. The maximum Gasteiger partial charge on any atom is 0.407 e. The number of aryl methyl sites for hydroxylation is 1. The van der Waals surface area contributed by atoms with Gasteiger partial charge in [-0.1, -0.05) is 12.1 Å². The van der Waals surface area contributed by atoms with Crippen LogP contribution in [0.3, 0.4) is 0 Å². The number of rotatable bonds is 7. The third kappa shape index (κ3) is 8.11.